The van der Waals surface area contributed by atoms with Crippen molar-refractivity contribution in [3.05, 3.63) is 33.7 Å². The maximum Gasteiger partial charge on any atom is 0.225 e. The van der Waals surface area contributed by atoms with Crippen LogP contribution in [0.15, 0.2) is 11.7 Å². The third-order valence-corrected chi connectivity index (χ3v) is 6.66. The lowest BCUT2D eigenvalue weighted by Gasteiger charge is -2.01. The second kappa shape index (κ2) is 19.1. The second-order valence-corrected chi connectivity index (χ2v) is 9.46. The molecular weight excluding hydrogens is 479 g/mol. The first-order chi connectivity index (χ1) is 15.4. The minimum atomic E-state index is -0.187. The number of halogens is 2. The van der Waals surface area contributed by atoms with Gasteiger partial charge in [0.25, 0.3) is 0 Å². The molecular formula is C24H40Cl2N4O2S. The predicted molar refractivity (Wildman–Crippen MR) is 133 cm³/mol. The van der Waals surface area contributed by atoms with Gasteiger partial charge in [-0.1, -0.05) is 69.6 Å². The Morgan fingerprint density at radius 3 is 2.27 bits per heavy atom. The van der Waals surface area contributed by atoms with Crippen LogP contribution in [0.4, 0.5) is 5.82 Å². The van der Waals surface area contributed by atoms with E-state index in [9.17, 15) is 4.79 Å². The lowest BCUT2D eigenvalue weighted by Crippen LogP contribution is -3.00. The van der Waals surface area contributed by atoms with Crippen molar-refractivity contribution >= 4 is 34.0 Å². The number of aryl methyl sites for hydroxylation is 1. The van der Waals surface area contributed by atoms with Crippen molar-refractivity contribution in [3.63, 3.8) is 0 Å². The van der Waals surface area contributed by atoms with Crippen LogP contribution in [0.3, 0.4) is 0 Å². The van der Waals surface area contributed by atoms with Gasteiger partial charge in [0.15, 0.2) is 12.2 Å². The number of thiazole rings is 1. The summed E-state index contributed by atoms with van der Waals surface area (Å²) in [5.74, 6) is 1.22. The lowest BCUT2D eigenvalue weighted by atomic mass is 10.1. The molecule has 3 N–H and O–H groups in total. The summed E-state index contributed by atoms with van der Waals surface area (Å²) in [4.78, 5) is 19.9. The van der Waals surface area contributed by atoms with E-state index in [2.05, 4.69) is 21.5 Å². The molecule has 2 heterocycles. The van der Waals surface area contributed by atoms with Crippen LogP contribution in [0.1, 0.15) is 93.1 Å². The third kappa shape index (κ3) is 13.9. The van der Waals surface area contributed by atoms with Crippen molar-refractivity contribution in [1.29, 1.82) is 0 Å². The average Bonchev–Trinajstić information content (AvgIpc) is 3.09. The number of hydrogen-bond donors (Lipinski definition) is 2. The first kappa shape index (κ1) is 31.7. The Morgan fingerprint density at radius 2 is 1.73 bits per heavy atom. The number of carbonyl (C=O) groups is 1. The standard InChI is InChI=1S/C12H23ClO.C12H17N4OS.ClH/c1-2-3-4-5-6-7-8-9-10-11-12(13)14;1-8-11(3-4-17)18-7-16(8)6-10-5-14-9(2)15-12(10)13;/h2-11H2,1H3;5,7,17H,3-4,6H2,1-2H3,(H2,13,14,15);1H/q;+1;/p-1. The average molecular weight is 520 g/mol. The maximum absolute atomic E-state index is 10.4. The molecule has 0 bridgehead atoms. The fourth-order valence-electron chi connectivity index (χ4n) is 3.34. The Balaban J connectivity index is 0.000000624. The van der Waals surface area contributed by atoms with Crippen molar-refractivity contribution in [3.8, 4) is 0 Å². The molecule has 0 fully saturated rings. The third-order valence-electron chi connectivity index (χ3n) is 5.33. The van der Waals surface area contributed by atoms with Crippen LogP contribution in [0.25, 0.3) is 0 Å². The molecule has 33 heavy (non-hydrogen) atoms. The molecule has 0 aliphatic heterocycles. The summed E-state index contributed by atoms with van der Waals surface area (Å²) in [6.45, 7) is 6.95. The van der Waals surface area contributed by atoms with Crippen LogP contribution in [0.2, 0.25) is 0 Å². The smallest absolute Gasteiger partial charge is 0.225 e. The highest BCUT2D eigenvalue weighted by atomic mass is 35.5. The number of carbonyl (C=O) groups excluding carboxylic acids is 1. The number of rotatable bonds is 14. The fraction of sp³-hybridized carbons (Fsp3) is 0.667. The highest BCUT2D eigenvalue weighted by molar-refractivity contribution is 7.09. The quantitative estimate of drug-likeness (QED) is 0.227. The van der Waals surface area contributed by atoms with E-state index >= 15 is 0 Å². The van der Waals surface area contributed by atoms with Gasteiger partial charge in [-0.05, 0) is 24.9 Å². The molecule has 9 heteroatoms. The molecule has 188 valence electrons. The van der Waals surface area contributed by atoms with Gasteiger partial charge in [-0.3, -0.25) is 4.79 Å². The minimum absolute atomic E-state index is 0. The van der Waals surface area contributed by atoms with E-state index in [4.69, 9.17) is 22.4 Å². The van der Waals surface area contributed by atoms with E-state index < -0.39 is 0 Å². The lowest BCUT2D eigenvalue weighted by molar-refractivity contribution is -0.689. The summed E-state index contributed by atoms with van der Waals surface area (Å²) >= 11 is 6.89. The fourth-order valence-corrected chi connectivity index (χ4v) is 4.46. The van der Waals surface area contributed by atoms with Crippen LogP contribution in [-0.4, -0.2) is 26.9 Å². The summed E-state index contributed by atoms with van der Waals surface area (Å²) in [6, 6.07) is 0. The number of aromatic nitrogens is 3. The van der Waals surface area contributed by atoms with Crippen LogP contribution in [-0.2, 0) is 17.8 Å². The molecule has 0 amide bonds. The number of anilines is 1. The molecule has 0 unspecified atom stereocenters. The zero-order chi connectivity index (χ0) is 23.8. The number of nitrogen functional groups attached to an aromatic ring is 1. The van der Waals surface area contributed by atoms with Gasteiger partial charge in [0.05, 0.1) is 10.4 Å². The number of hydrogen-bond acceptors (Lipinski definition) is 6. The number of aliphatic hydroxyl groups is 1. The van der Waals surface area contributed by atoms with Crippen molar-refractivity contribution < 1.29 is 26.9 Å². The molecule has 0 aliphatic carbocycles. The van der Waals surface area contributed by atoms with E-state index in [1.807, 2.05) is 19.4 Å². The van der Waals surface area contributed by atoms with Gasteiger partial charge in [-0.15, -0.1) is 0 Å². The molecule has 6 nitrogen and oxygen atoms in total. The summed E-state index contributed by atoms with van der Waals surface area (Å²) in [7, 11) is 0. The largest absolute Gasteiger partial charge is 1.00 e. The number of aliphatic hydroxyl groups excluding tert-OH is 1. The molecule has 0 saturated carbocycles. The van der Waals surface area contributed by atoms with Crippen molar-refractivity contribution in [2.75, 3.05) is 12.3 Å². The number of nitrogens with two attached hydrogens (primary N) is 1. The Bertz CT molecular complexity index is 803. The Kier molecular flexibility index (Phi) is 18.3. The van der Waals surface area contributed by atoms with Crippen molar-refractivity contribution in [2.24, 2.45) is 0 Å². The Hall–Kier alpha value is -1.28. The van der Waals surface area contributed by atoms with Gasteiger partial charge < -0.3 is 23.2 Å². The van der Waals surface area contributed by atoms with Crippen molar-refractivity contribution in [2.45, 2.75) is 97.9 Å². The molecule has 0 aliphatic rings. The normalized spacial score (nSPS) is 10.3. The zero-order valence-electron chi connectivity index (χ0n) is 20.3. The van der Waals surface area contributed by atoms with E-state index in [1.54, 1.807) is 17.5 Å². The van der Waals surface area contributed by atoms with Gasteiger partial charge in [0, 0.05) is 32.6 Å². The SMILES string of the molecule is CCCCCCCCCCCC(=O)Cl.Cc1ncc(C[n+]2csc(CCO)c2C)c(N)n1.[Cl-]. The van der Waals surface area contributed by atoms with Gasteiger partial charge in [0.2, 0.25) is 10.8 Å². The van der Waals surface area contributed by atoms with Crippen LogP contribution < -0.4 is 22.7 Å². The summed E-state index contributed by atoms with van der Waals surface area (Å²) in [5, 5.41) is 8.79. The molecule has 0 radical (unpaired) electrons. The highest BCUT2D eigenvalue weighted by Gasteiger charge is 2.17. The molecule has 0 atom stereocenters. The first-order valence-corrected chi connectivity index (χ1v) is 13.0. The van der Waals surface area contributed by atoms with Gasteiger partial charge >= 0.3 is 0 Å². The molecule has 2 aromatic rings. The van der Waals surface area contributed by atoms with Crippen LogP contribution >= 0.6 is 22.9 Å². The van der Waals surface area contributed by atoms with Crippen LogP contribution in [0.5, 0.6) is 0 Å². The maximum atomic E-state index is 10.4. The minimum Gasteiger partial charge on any atom is -1.00 e. The second-order valence-electron chi connectivity index (χ2n) is 8.09. The molecule has 2 aromatic heterocycles. The Morgan fingerprint density at radius 1 is 1.12 bits per heavy atom. The Labute approximate surface area is 214 Å². The molecule has 0 saturated heterocycles. The zero-order valence-corrected chi connectivity index (χ0v) is 22.6. The molecule has 0 aromatic carbocycles. The summed E-state index contributed by atoms with van der Waals surface area (Å²) < 4.78 is 2.11. The van der Waals surface area contributed by atoms with Crippen molar-refractivity contribution in [1.82, 2.24) is 9.97 Å². The van der Waals surface area contributed by atoms with E-state index in [-0.39, 0.29) is 24.3 Å². The van der Waals surface area contributed by atoms with Gasteiger partial charge in [-0.25, -0.2) is 9.97 Å². The van der Waals surface area contributed by atoms with Gasteiger partial charge in [-0.2, -0.15) is 4.57 Å². The van der Waals surface area contributed by atoms with E-state index in [0.29, 0.717) is 31.0 Å². The van der Waals surface area contributed by atoms with Gasteiger partial charge in [0.1, 0.15) is 11.6 Å². The summed E-state index contributed by atoms with van der Waals surface area (Å²) in [6.07, 6.45) is 14.5. The van der Waals surface area contributed by atoms with Crippen LogP contribution in [0, 0.1) is 13.8 Å². The van der Waals surface area contributed by atoms with E-state index in [1.165, 1.54) is 49.8 Å². The molecule has 2 rings (SSSR count). The highest BCUT2D eigenvalue weighted by Crippen LogP contribution is 2.14. The number of unbranched alkanes of at least 4 members (excludes halogenated alkanes) is 8. The number of nitrogens with zero attached hydrogens (tertiary/aromatic N) is 3. The van der Waals surface area contributed by atoms with E-state index in [0.717, 1.165) is 24.1 Å². The predicted octanol–water partition coefficient (Wildman–Crippen LogP) is 2.28. The topological polar surface area (TPSA) is 93.0 Å². The molecule has 0 spiro atoms. The first-order valence-electron chi connectivity index (χ1n) is 11.7. The monoisotopic (exact) mass is 518 g/mol. The summed E-state index contributed by atoms with van der Waals surface area (Å²) in [5.41, 5.74) is 10.0.